The Morgan fingerprint density at radius 1 is 1.16 bits per heavy atom. The van der Waals surface area contributed by atoms with Crippen LogP contribution in [-0.2, 0) is 4.79 Å². The van der Waals surface area contributed by atoms with Crippen LogP contribution in [0.3, 0.4) is 0 Å². The average molecular weight is 336 g/mol. The van der Waals surface area contributed by atoms with E-state index in [0.717, 1.165) is 0 Å². The maximum atomic E-state index is 12.9. The van der Waals surface area contributed by atoms with Crippen LogP contribution in [0.15, 0.2) is 53.5 Å². The molecule has 2 aromatic heterocycles. The maximum Gasteiger partial charge on any atom is 0.335 e. The van der Waals surface area contributed by atoms with Gasteiger partial charge in [0.2, 0.25) is 5.88 Å². The van der Waals surface area contributed by atoms with Gasteiger partial charge in [0.1, 0.15) is 5.65 Å². The van der Waals surface area contributed by atoms with E-state index in [4.69, 9.17) is 9.84 Å². The number of esters is 1. The third-order valence-corrected chi connectivity index (χ3v) is 4.22. The molecule has 0 fully saturated rings. The van der Waals surface area contributed by atoms with Crippen LogP contribution < -0.4 is 10.3 Å². The van der Waals surface area contributed by atoms with Gasteiger partial charge < -0.3 is 9.84 Å². The van der Waals surface area contributed by atoms with Gasteiger partial charge in [-0.25, -0.2) is 4.79 Å². The zero-order valence-corrected chi connectivity index (χ0v) is 12.9. The van der Waals surface area contributed by atoms with Gasteiger partial charge in [-0.05, 0) is 29.8 Å². The predicted octanol–water partition coefficient (Wildman–Crippen LogP) is 1.83. The minimum atomic E-state index is -1.04. The fraction of sp³-hybridized carbons (Fsp3) is 0.111. The second-order valence-corrected chi connectivity index (χ2v) is 5.72. The Morgan fingerprint density at radius 3 is 2.64 bits per heavy atom. The van der Waals surface area contributed by atoms with Crippen molar-refractivity contribution in [3.05, 3.63) is 75.7 Å². The van der Waals surface area contributed by atoms with Gasteiger partial charge in [0.15, 0.2) is 0 Å². The summed E-state index contributed by atoms with van der Waals surface area (Å²) in [7, 11) is 0. The fourth-order valence-corrected chi connectivity index (χ4v) is 3.02. The Balaban J connectivity index is 1.91. The number of nitrogens with zero attached hydrogens (tertiary/aromatic N) is 2. The number of aromatic nitrogens is 2. The van der Waals surface area contributed by atoms with Crippen molar-refractivity contribution in [3.8, 4) is 5.88 Å². The van der Waals surface area contributed by atoms with Gasteiger partial charge in [-0.1, -0.05) is 18.2 Å². The molecule has 0 radical (unpaired) electrons. The summed E-state index contributed by atoms with van der Waals surface area (Å²) >= 11 is 0. The van der Waals surface area contributed by atoms with Crippen LogP contribution in [0.5, 0.6) is 5.88 Å². The molecule has 0 unspecified atom stereocenters. The Morgan fingerprint density at radius 2 is 1.92 bits per heavy atom. The molecule has 1 N–H and O–H groups in total. The topological polar surface area (TPSA) is 98.0 Å². The molecule has 0 saturated heterocycles. The van der Waals surface area contributed by atoms with E-state index in [-0.39, 0.29) is 23.4 Å². The first kappa shape index (κ1) is 15.1. The molecule has 0 amide bonds. The van der Waals surface area contributed by atoms with Crippen LogP contribution in [0.2, 0.25) is 0 Å². The van der Waals surface area contributed by atoms with Crippen molar-refractivity contribution in [2.75, 3.05) is 0 Å². The quantitative estimate of drug-likeness (QED) is 0.717. The van der Waals surface area contributed by atoms with Crippen molar-refractivity contribution < 1.29 is 19.4 Å². The van der Waals surface area contributed by atoms with Gasteiger partial charge in [-0.2, -0.15) is 4.98 Å². The number of ether oxygens (including phenoxy) is 1. The molecular formula is C18H12N2O5. The summed E-state index contributed by atoms with van der Waals surface area (Å²) in [5.74, 6) is -2.04. The molecule has 3 aromatic rings. The smallest absolute Gasteiger partial charge is 0.335 e. The molecule has 3 heterocycles. The van der Waals surface area contributed by atoms with Crippen LogP contribution >= 0.6 is 0 Å². The summed E-state index contributed by atoms with van der Waals surface area (Å²) in [5, 5.41) is 9.01. The first-order chi connectivity index (χ1) is 12.0. The van der Waals surface area contributed by atoms with Crippen molar-refractivity contribution >= 4 is 17.6 Å². The lowest BCUT2D eigenvalue weighted by atomic mass is 9.88. The second kappa shape index (κ2) is 5.55. The van der Waals surface area contributed by atoms with Crippen LogP contribution in [-0.4, -0.2) is 26.4 Å². The van der Waals surface area contributed by atoms with Gasteiger partial charge in [-0.15, -0.1) is 0 Å². The SMILES string of the molecule is O=C1C[C@@H](c2ccc(C(=O)O)cc2)c2c(nc3ccccn3c2=O)O1. The molecule has 1 aliphatic heterocycles. The Hall–Kier alpha value is -3.48. The number of fused-ring (bicyclic) bond motifs is 2. The van der Waals surface area contributed by atoms with Gasteiger partial charge in [0.05, 0.1) is 17.5 Å². The number of hydrogen-bond acceptors (Lipinski definition) is 5. The van der Waals surface area contributed by atoms with Crippen LogP contribution in [0.4, 0.5) is 0 Å². The molecule has 0 spiro atoms. The monoisotopic (exact) mass is 336 g/mol. The summed E-state index contributed by atoms with van der Waals surface area (Å²) in [6.07, 6.45) is 1.60. The number of benzene rings is 1. The van der Waals surface area contributed by atoms with Crippen molar-refractivity contribution in [3.63, 3.8) is 0 Å². The molecule has 1 aromatic carbocycles. The van der Waals surface area contributed by atoms with E-state index >= 15 is 0 Å². The molecular weight excluding hydrogens is 324 g/mol. The highest BCUT2D eigenvalue weighted by molar-refractivity contribution is 5.87. The lowest BCUT2D eigenvalue weighted by molar-refractivity contribution is -0.135. The minimum absolute atomic E-state index is 0.00472. The summed E-state index contributed by atoms with van der Waals surface area (Å²) < 4.78 is 6.58. The molecule has 0 bridgehead atoms. The largest absolute Gasteiger partial charge is 0.478 e. The number of carbonyl (C=O) groups excluding carboxylic acids is 1. The van der Waals surface area contributed by atoms with Gasteiger partial charge in [-0.3, -0.25) is 14.0 Å². The fourth-order valence-electron chi connectivity index (χ4n) is 3.02. The standard InChI is InChI=1S/C18H12N2O5/c21-14-9-12(10-4-6-11(7-5-10)18(23)24)15-16(25-14)19-13-3-1-2-8-20(13)17(15)22/h1-8,12H,9H2,(H,23,24)/t12-/m0/s1. The first-order valence-corrected chi connectivity index (χ1v) is 7.60. The highest BCUT2D eigenvalue weighted by atomic mass is 16.5. The zero-order valence-electron chi connectivity index (χ0n) is 12.9. The number of rotatable bonds is 2. The first-order valence-electron chi connectivity index (χ1n) is 7.60. The summed E-state index contributed by atoms with van der Waals surface area (Å²) in [6, 6.07) is 11.2. The second-order valence-electron chi connectivity index (χ2n) is 5.72. The van der Waals surface area contributed by atoms with E-state index in [2.05, 4.69) is 4.98 Å². The summed E-state index contributed by atoms with van der Waals surface area (Å²) in [5.41, 5.74) is 1.18. The zero-order chi connectivity index (χ0) is 17.6. The third-order valence-electron chi connectivity index (χ3n) is 4.22. The Kier molecular flexibility index (Phi) is 3.35. The van der Waals surface area contributed by atoms with Gasteiger partial charge in [0.25, 0.3) is 5.56 Å². The lowest BCUT2D eigenvalue weighted by Gasteiger charge is -2.23. The van der Waals surface area contributed by atoms with Crippen molar-refractivity contribution in [2.45, 2.75) is 12.3 Å². The third kappa shape index (κ3) is 2.46. The number of hydrogen-bond donors (Lipinski definition) is 1. The maximum absolute atomic E-state index is 12.9. The number of carboxylic acids is 1. The molecule has 124 valence electrons. The number of aromatic carboxylic acids is 1. The lowest BCUT2D eigenvalue weighted by Crippen LogP contribution is -2.31. The molecule has 0 aliphatic carbocycles. The number of carboxylic acid groups (broad SMARTS) is 1. The molecule has 1 aliphatic rings. The molecule has 1 atom stereocenters. The Labute approximate surface area is 141 Å². The predicted molar refractivity (Wildman–Crippen MR) is 87.0 cm³/mol. The molecule has 7 heteroatoms. The molecule has 25 heavy (non-hydrogen) atoms. The van der Waals surface area contributed by atoms with Gasteiger partial charge in [0, 0.05) is 12.1 Å². The van der Waals surface area contributed by atoms with E-state index in [1.165, 1.54) is 16.5 Å². The number of carbonyl (C=O) groups is 2. The van der Waals surface area contributed by atoms with E-state index < -0.39 is 17.9 Å². The normalized spacial score (nSPS) is 16.3. The van der Waals surface area contributed by atoms with Crippen molar-refractivity contribution in [2.24, 2.45) is 0 Å². The van der Waals surface area contributed by atoms with E-state index in [9.17, 15) is 14.4 Å². The van der Waals surface area contributed by atoms with E-state index in [0.29, 0.717) is 16.8 Å². The van der Waals surface area contributed by atoms with E-state index in [1.807, 2.05) is 0 Å². The highest BCUT2D eigenvalue weighted by Crippen LogP contribution is 2.35. The molecule has 4 rings (SSSR count). The van der Waals surface area contributed by atoms with Gasteiger partial charge >= 0.3 is 11.9 Å². The van der Waals surface area contributed by atoms with Crippen molar-refractivity contribution in [1.29, 1.82) is 0 Å². The summed E-state index contributed by atoms with van der Waals surface area (Å²) in [6.45, 7) is 0. The van der Waals surface area contributed by atoms with E-state index in [1.54, 1.807) is 36.5 Å². The Bertz CT molecular complexity index is 1070. The van der Waals surface area contributed by atoms with Crippen LogP contribution in [0.1, 0.15) is 33.8 Å². The average Bonchev–Trinajstić information content (AvgIpc) is 2.61. The van der Waals surface area contributed by atoms with Crippen LogP contribution in [0.25, 0.3) is 5.65 Å². The highest BCUT2D eigenvalue weighted by Gasteiger charge is 2.33. The summed E-state index contributed by atoms with van der Waals surface area (Å²) in [4.78, 5) is 40.1. The number of pyridine rings is 1. The molecule has 7 nitrogen and oxygen atoms in total. The van der Waals surface area contributed by atoms with Crippen molar-refractivity contribution in [1.82, 2.24) is 9.38 Å². The molecule has 0 saturated carbocycles. The van der Waals surface area contributed by atoms with Crippen LogP contribution in [0, 0.1) is 0 Å². The minimum Gasteiger partial charge on any atom is -0.478 e.